The van der Waals surface area contributed by atoms with Gasteiger partial charge >= 0.3 is 0 Å². The number of ether oxygens (including phenoxy) is 1. The highest BCUT2D eigenvalue weighted by Gasteiger charge is 2.46. The minimum Gasteiger partial charge on any atom is -0.385 e. The Hall–Kier alpha value is -2.65. The van der Waals surface area contributed by atoms with Crippen molar-refractivity contribution in [3.8, 4) is 0 Å². The molecule has 0 fully saturated rings. The highest BCUT2D eigenvalue weighted by molar-refractivity contribution is 6.02. The van der Waals surface area contributed by atoms with Gasteiger partial charge in [0.05, 0.1) is 6.61 Å². The summed E-state index contributed by atoms with van der Waals surface area (Å²) >= 11 is 0. The summed E-state index contributed by atoms with van der Waals surface area (Å²) in [5.41, 5.74) is 4.00. The predicted molar refractivity (Wildman–Crippen MR) is 101 cm³/mol. The zero-order chi connectivity index (χ0) is 19.6. The number of pyridine rings is 1. The number of nitrogens with zero attached hydrogens (tertiary/aromatic N) is 2. The molecule has 1 aromatic carbocycles. The number of carbonyl (C=O) groups excluding carboxylic acids is 1. The SMILES string of the molecule is Cc1ccc(C(=O)Nc2ccc(F)c([C@]3(C(F)F)COCC(N)=N3)c2)nc1.Cl. The van der Waals surface area contributed by atoms with Crippen LogP contribution in [0.15, 0.2) is 41.5 Å². The Kier molecular flexibility index (Phi) is 6.63. The standard InChI is InChI=1S/C18H17F3N4O2.ClH/c1-10-2-5-14(23-7-10)16(26)24-11-3-4-13(19)12(6-11)18(17(20)21)9-27-8-15(22)25-18;/h2-7,17H,8-9H2,1H3,(H2,22,25)(H,24,26);1H/t18-;/m0./s1. The fraction of sp³-hybridized carbons (Fsp3) is 0.278. The van der Waals surface area contributed by atoms with Gasteiger partial charge < -0.3 is 15.8 Å². The van der Waals surface area contributed by atoms with Crippen molar-refractivity contribution >= 4 is 29.8 Å². The second-order valence-electron chi connectivity index (χ2n) is 6.19. The number of rotatable bonds is 4. The normalized spacial score (nSPS) is 19.0. The minimum atomic E-state index is -3.06. The molecule has 0 aliphatic carbocycles. The van der Waals surface area contributed by atoms with Crippen molar-refractivity contribution in [2.75, 3.05) is 18.5 Å². The maximum Gasteiger partial charge on any atom is 0.274 e. The smallest absolute Gasteiger partial charge is 0.274 e. The summed E-state index contributed by atoms with van der Waals surface area (Å²) in [7, 11) is 0. The van der Waals surface area contributed by atoms with E-state index in [2.05, 4.69) is 15.3 Å². The number of benzene rings is 1. The van der Waals surface area contributed by atoms with Crippen molar-refractivity contribution in [1.82, 2.24) is 4.98 Å². The van der Waals surface area contributed by atoms with Crippen molar-refractivity contribution < 1.29 is 22.7 Å². The molecule has 2 heterocycles. The van der Waals surface area contributed by atoms with Crippen LogP contribution in [0.1, 0.15) is 21.6 Å². The van der Waals surface area contributed by atoms with Crippen molar-refractivity contribution in [2.45, 2.75) is 18.9 Å². The number of carbonyl (C=O) groups is 1. The van der Waals surface area contributed by atoms with E-state index in [1.807, 2.05) is 6.92 Å². The Bertz CT molecular complexity index is 893. The number of anilines is 1. The number of hydrogen-bond acceptors (Lipinski definition) is 5. The first-order valence-corrected chi connectivity index (χ1v) is 8.06. The highest BCUT2D eigenvalue weighted by Crippen LogP contribution is 2.37. The summed E-state index contributed by atoms with van der Waals surface area (Å²) in [6.07, 6.45) is -1.54. The average molecular weight is 415 g/mol. The molecule has 0 unspecified atom stereocenters. The molecule has 1 amide bonds. The number of amides is 1. The van der Waals surface area contributed by atoms with E-state index in [0.29, 0.717) is 0 Å². The summed E-state index contributed by atoms with van der Waals surface area (Å²) in [5.74, 6) is -1.61. The first-order chi connectivity index (χ1) is 12.8. The molecule has 6 nitrogen and oxygen atoms in total. The molecule has 0 radical (unpaired) electrons. The Morgan fingerprint density at radius 1 is 1.32 bits per heavy atom. The van der Waals surface area contributed by atoms with Gasteiger partial charge in [-0.15, -0.1) is 12.4 Å². The molecular weight excluding hydrogens is 397 g/mol. The largest absolute Gasteiger partial charge is 0.385 e. The van der Waals surface area contributed by atoms with Crippen LogP contribution in [0.4, 0.5) is 18.9 Å². The summed E-state index contributed by atoms with van der Waals surface area (Å²) in [5, 5.41) is 2.52. The van der Waals surface area contributed by atoms with Gasteiger partial charge in [0, 0.05) is 17.4 Å². The van der Waals surface area contributed by atoms with Gasteiger partial charge in [0.1, 0.15) is 24.0 Å². The van der Waals surface area contributed by atoms with Crippen LogP contribution < -0.4 is 11.1 Å². The molecule has 3 rings (SSSR count). The van der Waals surface area contributed by atoms with E-state index >= 15 is 0 Å². The topological polar surface area (TPSA) is 89.6 Å². The van der Waals surface area contributed by atoms with Gasteiger partial charge in [-0.3, -0.25) is 14.8 Å². The Balaban J connectivity index is 0.00000280. The molecule has 1 atom stereocenters. The number of halogens is 4. The van der Waals surface area contributed by atoms with Crippen LogP contribution in [0.3, 0.4) is 0 Å². The van der Waals surface area contributed by atoms with Crippen molar-refractivity contribution in [3.63, 3.8) is 0 Å². The zero-order valence-corrected chi connectivity index (χ0v) is 15.6. The third-order valence-corrected chi connectivity index (χ3v) is 4.11. The first kappa shape index (κ1) is 21.6. The van der Waals surface area contributed by atoms with Gasteiger partial charge in [0.25, 0.3) is 12.3 Å². The molecule has 1 aliphatic heterocycles. The fourth-order valence-corrected chi connectivity index (χ4v) is 2.73. The van der Waals surface area contributed by atoms with Crippen LogP contribution in [0, 0.1) is 12.7 Å². The van der Waals surface area contributed by atoms with Gasteiger partial charge in [-0.1, -0.05) is 6.07 Å². The third kappa shape index (κ3) is 4.26. The van der Waals surface area contributed by atoms with Crippen LogP contribution in [-0.2, 0) is 10.3 Å². The third-order valence-electron chi connectivity index (χ3n) is 4.11. The number of alkyl halides is 2. The number of hydrogen-bond donors (Lipinski definition) is 2. The molecule has 150 valence electrons. The number of aryl methyl sites for hydroxylation is 1. The van der Waals surface area contributed by atoms with Crippen LogP contribution in [-0.4, -0.2) is 36.4 Å². The molecule has 0 spiro atoms. The van der Waals surface area contributed by atoms with Crippen molar-refractivity contribution in [1.29, 1.82) is 0 Å². The van der Waals surface area contributed by atoms with E-state index in [0.717, 1.165) is 17.7 Å². The van der Waals surface area contributed by atoms with Gasteiger partial charge in [-0.05, 0) is 36.8 Å². The number of nitrogens with two attached hydrogens (primary N) is 1. The van der Waals surface area contributed by atoms with Gasteiger partial charge in [0.15, 0.2) is 5.54 Å². The molecular formula is C18H18ClF3N4O2. The van der Waals surface area contributed by atoms with E-state index in [1.165, 1.54) is 18.3 Å². The lowest BCUT2D eigenvalue weighted by atomic mass is 9.90. The lowest BCUT2D eigenvalue weighted by Gasteiger charge is -2.33. The summed E-state index contributed by atoms with van der Waals surface area (Å²) in [4.78, 5) is 20.1. The Labute approximate surface area is 165 Å². The Morgan fingerprint density at radius 3 is 2.68 bits per heavy atom. The lowest BCUT2D eigenvalue weighted by Crippen LogP contribution is -2.45. The van der Waals surface area contributed by atoms with Crippen LogP contribution >= 0.6 is 12.4 Å². The maximum absolute atomic E-state index is 14.4. The van der Waals surface area contributed by atoms with Gasteiger partial charge in [-0.2, -0.15) is 0 Å². The van der Waals surface area contributed by atoms with Crippen LogP contribution in [0.25, 0.3) is 0 Å². The molecule has 0 bridgehead atoms. The number of aliphatic imine (C=N–C) groups is 1. The quantitative estimate of drug-likeness (QED) is 0.804. The second-order valence-corrected chi connectivity index (χ2v) is 6.19. The highest BCUT2D eigenvalue weighted by atomic mass is 35.5. The average Bonchev–Trinajstić information content (AvgIpc) is 2.63. The van der Waals surface area contributed by atoms with Crippen LogP contribution in [0.2, 0.25) is 0 Å². The van der Waals surface area contributed by atoms with E-state index < -0.39 is 35.9 Å². The van der Waals surface area contributed by atoms with E-state index in [9.17, 15) is 18.0 Å². The number of aromatic nitrogens is 1. The first-order valence-electron chi connectivity index (χ1n) is 8.06. The van der Waals surface area contributed by atoms with Gasteiger partial charge in [0.2, 0.25) is 0 Å². The van der Waals surface area contributed by atoms with E-state index in [1.54, 1.807) is 6.07 Å². The Morgan fingerprint density at radius 2 is 2.07 bits per heavy atom. The predicted octanol–water partition coefficient (Wildman–Crippen LogP) is 3.05. The van der Waals surface area contributed by atoms with Crippen LogP contribution in [0.5, 0.6) is 0 Å². The fourth-order valence-electron chi connectivity index (χ4n) is 2.73. The zero-order valence-electron chi connectivity index (χ0n) is 14.8. The lowest BCUT2D eigenvalue weighted by molar-refractivity contribution is -0.0145. The van der Waals surface area contributed by atoms with Crippen molar-refractivity contribution in [3.05, 3.63) is 59.2 Å². The molecule has 1 aromatic heterocycles. The van der Waals surface area contributed by atoms with E-state index in [4.69, 9.17) is 10.5 Å². The van der Waals surface area contributed by atoms with E-state index in [-0.39, 0.29) is 36.2 Å². The molecule has 3 N–H and O–H groups in total. The molecule has 1 aliphatic rings. The van der Waals surface area contributed by atoms with Crippen molar-refractivity contribution in [2.24, 2.45) is 10.7 Å². The van der Waals surface area contributed by atoms with Gasteiger partial charge in [-0.25, -0.2) is 13.2 Å². The molecule has 2 aromatic rings. The number of nitrogens with one attached hydrogen (secondary N) is 1. The molecule has 0 saturated heterocycles. The summed E-state index contributed by atoms with van der Waals surface area (Å²) in [6.45, 7) is 1.19. The summed E-state index contributed by atoms with van der Waals surface area (Å²) in [6, 6.07) is 6.59. The maximum atomic E-state index is 14.4. The summed E-state index contributed by atoms with van der Waals surface area (Å²) < 4.78 is 47.0. The molecule has 28 heavy (non-hydrogen) atoms. The second kappa shape index (κ2) is 8.57. The monoisotopic (exact) mass is 414 g/mol. The molecule has 10 heteroatoms. The number of amidine groups is 1. The molecule has 0 saturated carbocycles. The minimum absolute atomic E-state index is 0.